The van der Waals surface area contributed by atoms with E-state index in [1.807, 2.05) is 42.5 Å². The van der Waals surface area contributed by atoms with Gasteiger partial charge in [0.15, 0.2) is 0 Å². The van der Waals surface area contributed by atoms with Crippen LogP contribution < -0.4 is 4.72 Å². The molecule has 0 saturated carbocycles. The summed E-state index contributed by atoms with van der Waals surface area (Å²) in [7, 11) is -3.51. The van der Waals surface area contributed by atoms with Crippen LogP contribution in [-0.4, -0.2) is 18.0 Å². The highest BCUT2D eigenvalue weighted by atomic mass is 32.2. The van der Waals surface area contributed by atoms with E-state index in [-0.39, 0.29) is 0 Å². The molecule has 0 atom stereocenters. The molecule has 7 heteroatoms. The molecular formula is C21H21N3O2S2. The Morgan fingerprint density at radius 1 is 1.00 bits per heavy atom. The van der Waals surface area contributed by atoms with Crippen molar-refractivity contribution in [2.24, 2.45) is 0 Å². The number of hydrogen-bond acceptors (Lipinski definition) is 4. The summed E-state index contributed by atoms with van der Waals surface area (Å²) in [6.07, 6.45) is 1.68. The predicted octanol–water partition coefficient (Wildman–Crippen LogP) is 4.70. The van der Waals surface area contributed by atoms with Crippen LogP contribution in [0.15, 0.2) is 70.3 Å². The van der Waals surface area contributed by atoms with Crippen LogP contribution in [-0.2, 0) is 29.4 Å². The van der Waals surface area contributed by atoms with Gasteiger partial charge in [0.05, 0.1) is 11.0 Å². The summed E-state index contributed by atoms with van der Waals surface area (Å²) in [6, 6.07) is 19.1. The van der Waals surface area contributed by atoms with E-state index in [1.165, 1.54) is 16.9 Å². The first-order valence-electron chi connectivity index (χ1n) is 9.16. The third-order valence-corrected chi connectivity index (χ3v) is 7.43. The summed E-state index contributed by atoms with van der Waals surface area (Å²) < 4.78 is 29.8. The Kier molecular flexibility index (Phi) is 5.19. The molecule has 0 aliphatic rings. The number of imidazole rings is 1. The van der Waals surface area contributed by atoms with Crippen LogP contribution in [0.2, 0.25) is 0 Å². The molecule has 2 aromatic carbocycles. The van der Waals surface area contributed by atoms with E-state index in [0.29, 0.717) is 9.90 Å². The van der Waals surface area contributed by atoms with Crippen LogP contribution in [0.1, 0.15) is 18.3 Å². The van der Waals surface area contributed by atoms with Crippen molar-refractivity contribution >= 4 is 38.1 Å². The molecule has 1 N–H and O–H groups in total. The zero-order chi connectivity index (χ0) is 19.6. The van der Waals surface area contributed by atoms with Gasteiger partial charge in [0.2, 0.25) is 0 Å². The van der Waals surface area contributed by atoms with Crippen LogP contribution >= 0.6 is 11.3 Å². The Balaban J connectivity index is 1.46. The average molecular weight is 412 g/mol. The minimum absolute atomic E-state index is 0.315. The number of rotatable bonds is 7. The number of aryl methyl sites for hydroxylation is 3. The minimum Gasteiger partial charge on any atom is -0.328 e. The minimum atomic E-state index is -3.51. The topological polar surface area (TPSA) is 64.0 Å². The maximum absolute atomic E-state index is 12.3. The van der Waals surface area contributed by atoms with E-state index in [9.17, 15) is 8.42 Å². The lowest BCUT2D eigenvalue weighted by Crippen LogP contribution is -2.11. The molecule has 0 fully saturated rings. The molecule has 0 saturated heterocycles. The summed E-state index contributed by atoms with van der Waals surface area (Å²) in [5.74, 6) is 1.08. The largest absolute Gasteiger partial charge is 0.328 e. The Morgan fingerprint density at radius 2 is 1.79 bits per heavy atom. The number of para-hydroxylation sites is 2. The van der Waals surface area contributed by atoms with Crippen LogP contribution in [0.4, 0.5) is 5.69 Å². The van der Waals surface area contributed by atoms with Crippen molar-refractivity contribution < 1.29 is 8.42 Å². The monoisotopic (exact) mass is 411 g/mol. The van der Waals surface area contributed by atoms with Crippen LogP contribution in [0.25, 0.3) is 11.0 Å². The fourth-order valence-electron chi connectivity index (χ4n) is 3.29. The number of anilines is 1. The molecule has 0 aliphatic heterocycles. The average Bonchev–Trinajstić information content (AvgIpc) is 3.35. The summed E-state index contributed by atoms with van der Waals surface area (Å²) in [5.41, 5.74) is 3.91. The molecule has 4 aromatic rings. The molecule has 4 rings (SSSR count). The van der Waals surface area contributed by atoms with E-state index in [1.54, 1.807) is 17.5 Å². The molecule has 0 unspecified atom stereocenters. The summed E-state index contributed by atoms with van der Waals surface area (Å²) in [5, 5.41) is 1.75. The van der Waals surface area contributed by atoms with Gasteiger partial charge in [-0.3, -0.25) is 4.72 Å². The van der Waals surface area contributed by atoms with E-state index in [0.717, 1.165) is 36.3 Å². The van der Waals surface area contributed by atoms with Gasteiger partial charge in [-0.05, 0) is 54.6 Å². The summed E-state index contributed by atoms with van der Waals surface area (Å²) in [6.45, 7) is 3.02. The first kappa shape index (κ1) is 18.7. The van der Waals surface area contributed by atoms with Crippen molar-refractivity contribution in [3.63, 3.8) is 0 Å². The lowest BCUT2D eigenvalue weighted by atomic mass is 10.1. The van der Waals surface area contributed by atoms with Gasteiger partial charge in [-0.25, -0.2) is 13.4 Å². The number of sulfonamides is 1. The van der Waals surface area contributed by atoms with Crippen molar-refractivity contribution in [2.75, 3.05) is 4.72 Å². The molecule has 28 heavy (non-hydrogen) atoms. The third-order valence-electron chi connectivity index (χ3n) is 4.65. The van der Waals surface area contributed by atoms with Crippen molar-refractivity contribution in [1.82, 2.24) is 9.55 Å². The van der Waals surface area contributed by atoms with E-state index < -0.39 is 10.0 Å². The number of hydrogen-bond donors (Lipinski definition) is 1. The Bertz CT molecular complexity index is 1180. The highest BCUT2D eigenvalue weighted by Crippen LogP contribution is 2.21. The Morgan fingerprint density at radius 3 is 2.50 bits per heavy atom. The molecule has 0 aliphatic carbocycles. The first-order valence-corrected chi connectivity index (χ1v) is 11.5. The molecule has 2 heterocycles. The number of aromatic nitrogens is 2. The maximum atomic E-state index is 12.3. The quantitative estimate of drug-likeness (QED) is 0.479. The molecular weight excluding hydrogens is 390 g/mol. The van der Waals surface area contributed by atoms with Crippen molar-refractivity contribution in [2.45, 2.75) is 30.5 Å². The third kappa shape index (κ3) is 3.81. The highest BCUT2D eigenvalue weighted by molar-refractivity contribution is 7.94. The van der Waals surface area contributed by atoms with E-state index >= 15 is 0 Å². The fourth-order valence-corrected chi connectivity index (χ4v) is 5.34. The van der Waals surface area contributed by atoms with Crippen molar-refractivity contribution in [1.29, 1.82) is 0 Å². The van der Waals surface area contributed by atoms with Crippen molar-refractivity contribution in [3.05, 3.63) is 77.4 Å². The van der Waals surface area contributed by atoms with Gasteiger partial charge in [-0.1, -0.05) is 30.3 Å². The second kappa shape index (κ2) is 7.77. The molecule has 0 spiro atoms. The molecule has 0 radical (unpaired) electrons. The predicted molar refractivity (Wildman–Crippen MR) is 114 cm³/mol. The number of thiophene rings is 1. The lowest BCUT2D eigenvalue weighted by Gasteiger charge is -2.08. The normalized spacial score (nSPS) is 11.8. The number of fused-ring (bicyclic) bond motifs is 1. The van der Waals surface area contributed by atoms with Gasteiger partial charge < -0.3 is 4.57 Å². The zero-order valence-electron chi connectivity index (χ0n) is 15.5. The van der Waals surface area contributed by atoms with Gasteiger partial charge in [-0.2, -0.15) is 0 Å². The molecule has 2 aromatic heterocycles. The standard InChI is InChI=1S/C21H21N3O2S2/c1-2-24-19-7-4-3-6-18(19)22-20(24)14-11-16-9-12-17(13-10-16)23-28(25,26)21-8-5-15-27-21/h3-10,12-13,15,23H,2,11,14H2,1H3. The first-order chi connectivity index (χ1) is 13.6. The van der Waals surface area contributed by atoms with E-state index in [4.69, 9.17) is 4.98 Å². The lowest BCUT2D eigenvalue weighted by molar-refractivity contribution is 0.603. The van der Waals surface area contributed by atoms with Gasteiger partial charge >= 0.3 is 0 Å². The zero-order valence-corrected chi connectivity index (χ0v) is 17.1. The van der Waals surface area contributed by atoms with Gasteiger partial charge in [0.25, 0.3) is 10.0 Å². The van der Waals surface area contributed by atoms with Gasteiger partial charge in [0, 0.05) is 18.7 Å². The Hall–Kier alpha value is -2.64. The van der Waals surface area contributed by atoms with Crippen LogP contribution in [0.5, 0.6) is 0 Å². The van der Waals surface area contributed by atoms with Crippen LogP contribution in [0.3, 0.4) is 0 Å². The molecule has 5 nitrogen and oxygen atoms in total. The van der Waals surface area contributed by atoms with Gasteiger partial charge in [0.1, 0.15) is 10.0 Å². The highest BCUT2D eigenvalue weighted by Gasteiger charge is 2.15. The second-order valence-corrected chi connectivity index (χ2v) is 9.35. The molecule has 0 bridgehead atoms. The Labute approximate surface area is 168 Å². The van der Waals surface area contributed by atoms with Crippen molar-refractivity contribution in [3.8, 4) is 0 Å². The summed E-state index contributed by atoms with van der Waals surface area (Å²) >= 11 is 1.20. The second-order valence-electron chi connectivity index (χ2n) is 6.50. The molecule has 144 valence electrons. The van der Waals surface area contributed by atoms with E-state index in [2.05, 4.69) is 22.3 Å². The fraction of sp³-hybridized carbons (Fsp3) is 0.190. The maximum Gasteiger partial charge on any atom is 0.271 e. The number of nitrogens with zero attached hydrogens (tertiary/aromatic N) is 2. The smallest absolute Gasteiger partial charge is 0.271 e. The summed E-state index contributed by atoms with van der Waals surface area (Å²) in [4.78, 5) is 4.77. The SMILES string of the molecule is CCn1c(CCc2ccc(NS(=O)(=O)c3cccs3)cc2)nc2ccccc21. The number of benzene rings is 2. The number of nitrogens with one attached hydrogen (secondary N) is 1. The molecule has 0 amide bonds. The van der Waals surface area contributed by atoms with Gasteiger partial charge in [-0.15, -0.1) is 11.3 Å². The van der Waals surface area contributed by atoms with Crippen LogP contribution in [0, 0.1) is 0 Å².